The van der Waals surface area contributed by atoms with Crippen molar-refractivity contribution in [3.05, 3.63) is 60.2 Å². The molecule has 18 heavy (non-hydrogen) atoms. The van der Waals surface area contributed by atoms with E-state index >= 15 is 0 Å². The number of aromatic nitrogens is 1. The second-order valence-corrected chi connectivity index (χ2v) is 3.94. The lowest BCUT2D eigenvalue weighted by molar-refractivity contribution is 0.613. The summed E-state index contributed by atoms with van der Waals surface area (Å²) in [7, 11) is 0. The molecule has 3 aromatic rings. The predicted molar refractivity (Wildman–Crippen MR) is 67.7 cm³/mol. The van der Waals surface area contributed by atoms with Gasteiger partial charge in [0.25, 0.3) is 0 Å². The van der Waals surface area contributed by atoms with Crippen molar-refractivity contribution < 1.29 is 8.81 Å². The molecule has 1 N–H and O–H groups in total. The average molecular weight is 242 g/mol. The molecule has 2 heterocycles. The lowest BCUT2D eigenvalue weighted by Gasteiger charge is -2.07. The maximum Gasteiger partial charge on any atom is 0.139 e. The van der Waals surface area contributed by atoms with Crippen molar-refractivity contribution in [2.75, 3.05) is 5.32 Å². The summed E-state index contributed by atoms with van der Waals surface area (Å²) in [5.41, 5.74) is 1.38. The first-order valence-electron chi connectivity index (χ1n) is 5.64. The number of anilines is 1. The Bertz CT molecular complexity index is 678. The summed E-state index contributed by atoms with van der Waals surface area (Å²) in [5.74, 6) is 0.480. The van der Waals surface area contributed by atoms with Crippen LogP contribution in [0.15, 0.2) is 53.3 Å². The SMILES string of the molecule is Fc1ccccc1CNc1nccc2occc12. The van der Waals surface area contributed by atoms with Gasteiger partial charge in [0.1, 0.15) is 17.2 Å². The van der Waals surface area contributed by atoms with Crippen LogP contribution < -0.4 is 5.32 Å². The zero-order valence-electron chi connectivity index (χ0n) is 9.56. The van der Waals surface area contributed by atoms with E-state index in [9.17, 15) is 4.39 Å². The molecule has 3 rings (SSSR count). The largest absolute Gasteiger partial charge is 0.464 e. The minimum atomic E-state index is -0.218. The van der Waals surface area contributed by atoms with Gasteiger partial charge in [0, 0.05) is 18.3 Å². The van der Waals surface area contributed by atoms with Gasteiger partial charge in [0.15, 0.2) is 0 Å². The Morgan fingerprint density at radius 3 is 2.94 bits per heavy atom. The van der Waals surface area contributed by atoms with E-state index in [1.807, 2.05) is 12.1 Å². The first-order chi connectivity index (χ1) is 8.84. The Balaban J connectivity index is 1.85. The van der Waals surface area contributed by atoms with Crippen molar-refractivity contribution in [1.29, 1.82) is 0 Å². The van der Waals surface area contributed by atoms with Crippen molar-refractivity contribution in [3.8, 4) is 0 Å². The summed E-state index contributed by atoms with van der Waals surface area (Å²) in [6, 6.07) is 10.3. The second-order valence-electron chi connectivity index (χ2n) is 3.94. The molecule has 0 unspecified atom stereocenters. The first-order valence-corrected chi connectivity index (χ1v) is 5.64. The molecule has 90 valence electrons. The molecule has 0 amide bonds. The van der Waals surface area contributed by atoms with Gasteiger partial charge in [0.05, 0.1) is 11.6 Å². The van der Waals surface area contributed by atoms with Gasteiger partial charge in [-0.15, -0.1) is 0 Å². The fourth-order valence-corrected chi connectivity index (χ4v) is 1.86. The summed E-state index contributed by atoms with van der Waals surface area (Å²) < 4.78 is 18.7. The van der Waals surface area contributed by atoms with Gasteiger partial charge in [-0.3, -0.25) is 0 Å². The minimum Gasteiger partial charge on any atom is -0.464 e. The molecule has 0 aliphatic carbocycles. The monoisotopic (exact) mass is 242 g/mol. The fourth-order valence-electron chi connectivity index (χ4n) is 1.86. The van der Waals surface area contributed by atoms with Crippen LogP contribution in [0.1, 0.15) is 5.56 Å². The number of benzene rings is 1. The molecular formula is C14H11FN2O. The van der Waals surface area contributed by atoms with Crippen molar-refractivity contribution in [1.82, 2.24) is 4.98 Å². The highest BCUT2D eigenvalue weighted by molar-refractivity contribution is 5.87. The minimum absolute atomic E-state index is 0.218. The number of rotatable bonds is 3. The number of nitrogens with zero attached hydrogens (tertiary/aromatic N) is 1. The second kappa shape index (κ2) is 4.49. The molecule has 0 bridgehead atoms. The maximum atomic E-state index is 13.5. The van der Waals surface area contributed by atoms with Crippen molar-refractivity contribution in [2.45, 2.75) is 6.54 Å². The van der Waals surface area contributed by atoms with E-state index in [2.05, 4.69) is 10.3 Å². The zero-order valence-corrected chi connectivity index (χ0v) is 9.56. The van der Waals surface area contributed by atoms with E-state index < -0.39 is 0 Å². The Morgan fingerprint density at radius 1 is 1.17 bits per heavy atom. The van der Waals surface area contributed by atoms with Crippen LogP contribution in [0.5, 0.6) is 0 Å². The highest BCUT2D eigenvalue weighted by atomic mass is 19.1. The highest BCUT2D eigenvalue weighted by Crippen LogP contribution is 2.22. The van der Waals surface area contributed by atoms with Gasteiger partial charge < -0.3 is 9.73 Å². The average Bonchev–Trinajstić information content (AvgIpc) is 2.86. The molecule has 0 saturated heterocycles. The van der Waals surface area contributed by atoms with E-state index in [1.165, 1.54) is 6.07 Å². The number of hydrogen-bond acceptors (Lipinski definition) is 3. The number of furan rings is 1. The quantitative estimate of drug-likeness (QED) is 0.762. The maximum absolute atomic E-state index is 13.5. The molecule has 0 aliphatic rings. The molecule has 0 fully saturated rings. The molecule has 2 aromatic heterocycles. The third-order valence-corrected chi connectivity index (χ3v) is 2.78. The molecule has 0 aliphatic heterocycles. The molecule has 3 nitrogen and oxygen atoms in total. The Morgan fingerprint density at radius 2 is 2.06 bits per heavy atom. The van der Waals surface area contributed by atoms with Gasteiger partial charge in [0.2, 0.25) is 0 Å². The number of hydrogen-bond donors (Lipinski definition) is 1. The lowest BCUT2D eigenvalue weighted by atomic mass is 10.2. The number of pyridine rings is 1. The Labute approximate surface area is 103 Å². The summed E-state index contributed by atoms with van der Waals surface area (Å²) in [5, 5.41) is 4.02. The number of fused-ring (bicyclic) bond motifs is 1. The van der Waals surface area contributed by atoms with E-state index in [4.69, 9.17) is 4.42 Å². The molecule has 0 radical (unpaired) electrons. The van der Waals surface area contributed by atoms with Gasteiger partial charge in [-0.2, -0.15) is 0 Å². The molecular weight excluding hydrogens is 231 g/mol. The highest BCUT2D eigenvalue weighted by Gasteiger charge is 2.05. The van der Waals surface area contributed by atoms with Crippen LogP contribution in [0.25, 0.3) is 11.0 Å². The van der Waals surface area contributed by atoms with Gasteiger partial charge in [-0.05, 0) is 18.2 Å². The van der Waals surface area contributed by atoms with Crippen molar-refractivity contribution in [2.24, 2.45) is 0 Å². The third kappa shape index (κ3) is 1.93. The summed E-state index contributed by atoms with van der Waals surface area (Å²) in [6.07, 6.45) is 3.27. The summed E-state index contributed by atoms with van der Waals surface area (Å²) >= 11 is 0. The van der Waals surface area contributed by atoms with E-state index in [0.717, 1.165) is 11.0 Å². The molecule has 0 atom stereocenters. The standard InChI is InChI=1S/C14H11FN2O/c15-12-4-2-1-3-10(12)9-17-14-11-6-8-18-13(11)5-7-16-14/h1-8H,9H2,(H,16,17). The summed E-state index contributed by atoms with van der Waals surface area (Å²) in [4.78, 5) is 4.23. The summed E-state index contributed by atoms with van der Waals surface area (Å²) in [6.45, 7) is 0.393. The van der Waals surface area contributed by atoms with Crippen LogP contribution in [0.4, 0.5) is 10.2 Å². The van der Waals surface area contributed by atoms with Crippen LogP contribution in [0.3, 0.4) is 0 Å². The number of nitrogens with one attached hydrogen (secondary N) is 1. The zero-order chi connectivity index (χ0) is 12.4. The van der Waals surface area contributed by atoms with E-state index in [0.29, 0.717) is 17.9 Å². The predicted octanol–water partition coefficient (Wildman–Crippen LogP) is 3.58. The normalized spacial score (nSPS) is 10.7. The van der Waals surface area contributed by atoms with Crippen molar-refractivity contribution >= 4 is 16.8 Å². The van der Waals surface area contributed by atoms with Crippen LogP contribution in [-0.2, 0) is 6.54 Å². The topological polar surface area (TPSA) is 38.1 Å². The van der Waals surface area contributed by atoms with Gasteiger partial charge >= 0.3 is 0 Å². The third-order valence-electron chi connectivity index (χ3n) is 2.78. The Kier molecular flexibility index (Phi) is 2.68. The fraction of sp³-hybridized carbons (Fsp3) is 0.0714. The molecule has 0 spiro atoms. The van der Waals surface area contributed by atoms with Gasteiger partial charge in [-0.25, -0.2) is 9.37 Å². The Hall–Kier alpha value is -2.36. The smallest absolute Gasteiger partial charge is 0.139 e. The number of halogens is 1. The van der Waals surface area contributed by atoms with Crippen molar-refractivity contribution in [3.63, 3.8) is 0 Å². The van der Waals surface area contributed by atoms with Crippen LogP contribution >= 0.6 is 0 Å². The van der Waals surface area contributed by atoms with Gasteiger partial charge in [-0.1, -0.05) is 18.2 Å². The molecule has 0 saturated carbocycles. The van der Waals surface area contributed by atoms with Crippen LogP contribution in [0, 0.1) is 5.82 Å². The van der Waals surface area contributed by atoms with Crippen LogP contribution in [-0.4, -0.2) is 4.98 Å². The molecule has 1 aromatic carbocycles. The lowest BCUT2D eigenvalue weighted by Crippen LogP contribution is -2.03. The molecule has 4 heteroatoms. The van der Waals surface area contributed by atoms with E-state index in [-0.39, 0.29) is 5.82 Å². The first kappa shape index (κ1) is 10.8. The van der Waals surface area contributed by atoms with Crippen LogP contribution in [0.2, 0.25) is 0 Å². The van der Waals surface area contributed by atoms with E-state index in [1.54, 1.807) is 30.7 Å².